The van der Waals surface area contributed by atoms with Crippen LogP contribution in [0.4, 0.5) is 0 Å². The zero-order valence-electron chi connectivity index (χ0n) is 53.2. The Morgan fingerprint density at radius 2 is 0.568 bits per heavy atom. The predicted molar refractivity (Wildman–Crippen MR) is 336 cm³/mol. The molecule has 0 N–H and O–H groups in total. The molecule has 20 nitrogen and oxygen atoms in total. The number of aromatic nitrogens is 2. The van der Waals surface area contributed by atoms with Crippen LogP contribution in [0.15, 0.2) is 85.5 Å². The zero-order chi connectivity index (χ0) is 62.5. The van der Waals surface area contributed by atoms with Crippen LogP contribution in [0.2, 0.25) is 0 Å². The standard InChI is InChI=1S/C68H96N2O18/c1-53(43-79-37-33-75-29-25-71-5)83-47-61(48-84-54(2)44-80-38-34-76-30-26-72-6)51-87-67-63-15-13-59(11-9-57-17-21-69-22-18-57)41-65(63)66-42-60(12-10-58-19-23-70-24-20-58)14-16-64(66)68(67)88-52-62(49-85-55(3)45-81-39-35-77-31-27-73-7)50-86-56(4)46-82-40-36-78-32-28-74-8/h13-24,41-42,53-56,61-62H,25-40,43-52H2,1-8H3/t53-,54-,55-,56-/m0/s1. The van der Waals surface area contributed by atoms with Crippen molar-refractivity contribution in [2.45, 2.75) is 52.1 Å². The number of pyridine rings is 2. The molecule has 0 aliphatic rings. The number of hydrogen-bond donors (Lipinski definition) is 0. The molecule has 0 amide bonds. The molecule has 20 heteroatoms. The van der Waals surface area contributed by atoms with E-state index in [1.54, 1.807) is 53.2 Å². The second-order valence-electron chi connectivity index (χ2n) is 20.8. The lowest BCUT2D eigenvalue weighted by molar-refractivity contribution is -0.0704. The maximum absolute atomic E-state index is 7.17. The highest BCUT2D eigenvalue weighted by Crippen LogP contribution is 2.45. The third-order valence-electron chi connectivity index (χ3n) is 13.1. The second kappa shape index (κ2) is 46.6. The molecule has 0 spiro atoms. The molecule has 0 fully saturated rings. The fraction of sp³-hybridized carbons (Fsp3) is 0.588. The Balaban J connectivity index is 1.51. The average Bonchev–Trinajstić information content (AvgIpc) is 1.20. The van der Waals surface area contributed by atoms with Gasteiger partial charge in [0.1, 0.15) is 0 Å². The van der Waals surface area contributed by atoms with Crippen LogP contribution >= 0.6 is 0 Å². The summed E-state index contributed by atoms with van der Waals surface area (Å²) in [5.41, 5.74) is 3.29. The third kappa shape index (κ3) is 30.9. The van der Waals surface area contributed by atoms with Crippen molar-refractivity contribution >= 4 is 21.5 Å². The Morgan fingerprint density at radius 3 is 0.864 bits per heavy atom. The molecule has 2 aromatic heterocycles. The van der Waals surface area contributed by atoms with Crippen molar-refractivity contribution in [3.63, 3.8) is 0 Å². The Hall–Kier alpha value is -5.44. The van der Waals surface area contributed by atoms with Crippen molar-refractivity contribution in [3.05, 3.63) is 108 Å². The fourth-order valence-electron chi connectivity index (χ4n) is 8.31. The van der Waals surface area contributed by atoms with E-state index in [9.17, 15) is 0 Å². The first kappa shape index (κ1) is 73.3. The van der Waals surface area contributed by atoms with Gasteiger partial charge in [0, 0.05) is 98.1 Å². The summed E-state index contributed by atoms with van der Waals surface area (Å²) < 4.78 is 107. The first-order valence-corrected chi connectivity index (χ1v) is 30.4. The number of benzene rings is 3. The fourth-order valence-corrected chi connectivity index (χ4v) is 8.31. The van der Waals surface area contributed by atoms with Gasteiger partial charge in [-0.15, -0.1) is 0 Å². The van der Waals surface area contributed by atoms with Crippen molar-refractivity contribution in [1.29, 1.82) is 0 Å². The third-order valence-corrected chi connectivity index (χ3v) is 13.1. The van der Waals surface area contributed by atoms with Gasteiger partial charge in [0.05, 0.1) is 196 Å². The lowest BCUT2D eigenvalue weighted by Gasteiger charge is -2.26. The molecule has 0 radical (unpaired) electrons. The van der Waals surface area contributed by atoms with Gasteiger partial charge >= 0.3 is 0 Å². The molecule has 0 aliphatic carbocycles. The van der Waals surface area contributed by atoms with Crippen LogP contribution in [0.25, 0.3) is 21.5 Å². The van der Waals surface area contributed by atoms with Crippen molar-refractivity contribution in [1.82, 2.24) is 9.97 Å². The van der Waals surface area contributed by atoms with Crippen molar-refractivity contribution < 1.29 is 85.3 Å². The molecule has 5 aromatic rings. The minimum atomic E-state index is -0.259. The number of hydrogen-bond acceptors (Lipinski definition) is 20. The summed E-state index contributed by atoms with van der Waals surface area (Å²) in [4.78, 5) is 8.36. The van der Waals surface area contributed by atoms with Gasteiger partial charge in [-0.25, -0.2) is 0 Å². The summed E-state index contributed by atoms with van der Waals surface area (Å²) >= 11 is 0. The number of fused-ring (bicyclic) bond motifs is 3. The quantitative estimate of drug-likeness (QED) is 0.0207. The van der Waals surface area contributed by atoms with E-state index in [4.69, 9.17) is 85.3 Å². The Morgan fingerprint density at radius 1 is 0.295 bits per heavy atom. The van der Waals surface area contributed by atoms with E-state index < -0.39 is 0 Å². The highest BCUT2D eigenvalue weighted by atomic mass is 16.6. The summed E-state index contributed by atoms with van der Waals surface area (Å²) in [7, 11) is 6.58. The summed E-state index contributed by atoms with van der Waals surface area (Å²) in [5, 5.41) is 3.39. The number of methoxy groups -OCH3 is 4. The summed E-state index contributed by atoms with van der Waals surface area (Å²) in [6.07, 6.45) is 5.96. The van der Waals surface area contributed by atoms with E-state index in [0.717, 1.165) is 43.8 Å². The van der Waals surface area contributed by atoms with Gasteiger partial charge < -0.3 is 85.3 Å². The molecule has 2 heterocycles. The first-order valence-electron chi connectivity index (χ1n) is 30.4. The summed E-state index contributed by atoms with van der Waals surface area (Å²) in [6.45, 7) is 18.6. The normalized spacial score (nSPS) is 12.9. The molecule has 0 bridgehead atoms. The van der Waals surface area contributed by atoms with Crippen LogP contribution in [0.1, 0.15) is 49.9 Å². The Kier molecular flexibility index (Phi) is 38.8. The Bertz CT molecular complexity index is 2480. The number of rotatable bonds is 50. The lowest BCUT2D eigenvalue weighted by atomic mass is 9.96. The van der Waals surface area contributed by atoms with Gasteiger partial charge in [-0.3, -0.25) is 9.97 Å². The van der Waals surface area contributed by atoms with Crippen LogP contribution in [0, 0.1) is 35.5 Å². The maximum atomic E-state index is 7.17. The van der Waals surface area contributed by atoms with E-state index in [2.05, 4.69) is 45.8 Å². The molecule has 0 saturated carbocycles. The average molecular weight is 1230 g/mol. The molecule has 3 aromatic carbocycles. The SMILES string of the molecule is COCCOCCOC[C@H](C)OCC(COc1c(OCC(CO[C@@H](C)COCCOCCOC)CO[C@@H](C)COCCOCCOC)c2ccc(C#Cc3ccncc3)cc2c2cc(C#Cc3ccncc3)ccc12)CO[C@@H](C)COCCOCCOC. The van der Waals surface area contributed by atoms with Crippen molar-refractivity contribution in [2.75, 3.05) is 200 Å². The van der Waals surface area contributed by atoms with E-state index in [1.807, 2.05) is 76.2 Å². The van der Waals surface area contributed by atoms with Gasteiger partial charge in [-0.05, 0) is 99.1 Å². The molecule has 5 rings (SSSR count). The van der Waals surface area contributed by atoms with Gasteiger partial charge in [0.15, 0.2) is 11.5 Å². The molecule has 0 unspecified atom stereocenters. The molecule has 88 heavy (non-hydrogen) atoms. The zero-order valence-corrected chi connectivity index (χ0v) is 53.2. The molecular formula is C68H96N2O18. The molecule has 486 valence electrons. The summed E-state index contributed by atoms with van der Waals surface area (Å²) in [5.74, 6) is 13.9. The van der Waals surface area contributed by atoms with Crippen LogP contribution in [0.3, 0.4) is 0 Å². The molecule has 0 aliphatic heterocycles. The molecular weight excluding hydrogens is 1130 g/mol. The van der Waals surface area contributed by atoms with Gasteiger partial charge in [0.25, 0.3) is 0 Å². The highest BCUT2D eigenvalue weighted by molar-refractivity contribution is 6.14. The van der Waals surface area contributed by atoms with Crippen molar-refractivity contribution in [2.24, 2.45) is 11.8 Å². The molecule has 4 atom stereocenters. The smallest absolute Gasteiger partial charge is 0.169 e. The lowest BCUT2D eigenvalue weighted by Crippen LogP contribution is -2.30. The maximum Gasteiger partial charge on any atom is 0.169 e. The summed E-state index contributed by atoms with van der Waals surface area (Å²) in [6, 6.07) is 19.8. The highest BCUT2D eigenvalue weighted by Gasteiger charge is 2.24. The minimum Gasteiger partial charge on any atom is -0.489 e. The van der Waals surface area contributed by atoms with Gasteiger partial charge in [-0.1, -0.05) is 23.7 Å². The number of nitrogens with zero attached hydrogens (tertiary/aromatic N) is 2. The van der Waals surface area contributed by atoms with Crippen LogP contribution in [0.5, 0.6) is 11.5 Å². The molecule has 0 saturated heterocycles. The largest absolute Gasteiger partial charge is 0.489 e. The van der Waals surface area contributed by atoms with Crippen LogP contribution < -0.4 is 9.47 Å². The van der Waals surface area contributed by atoms with Crippen molar-refractivity contribution in [3.8, 4) is 35.2 Å². The second-order valence-corrected chi connectivity index (χ2v) is 20.8. The Labute approximate surface area is 521 Å². The van der Waals surface area contributed by atoms with E-state index in [0.29, 0.717) is 170 Å². The predicted octanol–water partition coefficient (Wildman–Crippen LogP) is 7.91. The van der Waals surface area contributed by atoms with Gasteiger partial charge in [-0.2, -0.15) is 0 Å². The minimum absolute atomic E-state index is 0.192. The monoisotopic (exact) mass is 1230 g/mol. The van der Waals surface area contributed by atoms with Crippen LogP contribution in [-0.4, -0.2) is 235 Å². The van der Waals surface area contributed by atoms with Gasteiger partial charge in [0.2, 0.25) is 0 Å². The van der Waals surface area contributed by atoms with E-state index in [1.165, 1.54) is 0 Å². The number of ether oxygens (including phenoxy) is 18. The van der Waals surface area contributed by atoms with Crippen LogP contribution in [-0.2, 0) is 75.8 Å². The van der Waals surface area contributed by atoms with E-state index in [-0.39, 0.29) is 49.5 Å². The van der Waals surface area contributed by atoms with E-state index >= 15 is 0 Å². The first-order chi connectivity index (χ1) is 43.2. The topological polar surface area (TPSA) is 192 Å².